The molecule has 0 aliphatic carbocycles. The number of fused-ring (bicyclic) bond motifs is 1. The summed E-state index contributed by atoms with van der Waals surface area (Å²) in [6, 6.07) is -0.172. The molecule has 0 bridgehead atoms. The fourth-order valence-electron chi connectivity index (χ4n) is 2.76. The third-order valence-electron chi connectivity index (χ3n) is 3.99. The normalized spacial score (nSPS) is 25.6. The Labute approximate surface area is 113 Å². The van der Waals surface area contributed by atoms with Crippen LogP contribution in [0.3, 0.4) is 0 Å². The Balaban J connectivity index is 1.89. The molecule has 2 aliphatic heterocycles. The summed E-state index contributed by atoms with van der Waals surface area (Å²) >= 11 is 5.70. The molecule has 0 aromatic heterocycles. The van der Waals surface area contributed by atoms with Crippen LogP contribution in [-0.2, 0) is 9.59 Å². The zero-order valence-corrected chi connectivity index (χ0v) is 11.7. The van der Waals surface area contributed by atoms with Crippen LogP contribution >= 0.6 is 11.6 Å². The monoisotopic (exact) mass is 272 g/mol. The molecule has 0 N–H and O–H groups in total. The maximum absolute atomic E-state index is 12.2. The molecule has 5 heteroatoms. The van der Waals surface area contributed by atoms with E-state index in [-0.39, 0.29) is 24.4 Å². The Morgan fingerprint density at radius 2 is 2.17 bits per heavy atom. The minimum atomic E-state index is -0.172. The van der Waals surface area contributed by atoms with Gasteiger partial charge in [0.2, 0.25) is 11.8 Å². The number of piperazine rings is 1. The summed E-state index contributed by atoms with van der Waals surface area (Å²) in [7, 11) is 0. The maximum atomic E-state index is 12.2. The van der Waals surface area contributed by atoms with Gasteiger partial charge in [-0.1, -0.05) is 6.92 Å². The van der Waals surface area contributed by atoms with Crippen LogP contribution in [0.4, 0.5) is 0 Å². The zero-order valence-electron chi connectivity index (χ0n) is 10.9. The van der Waals surface area contributed by atoms with Gasteiger partial charge in [-0.15, -0.1) is 11.6 Å². The van der Waals surface area contributed by atoms with Crippen LogP contribution < -0.4 is 0 Å². The summed E-state index contributed by atoms with van der Waals surface area (Å²) in [5, 5.41) is 0. The maximum Gasteiger partial charge on any atom is 0.245 e. The number of hydrogen-bond donors (Lipinski definition) is 0. The number of nitrogens with zero attached hydrogens (tertiary/aromatic N) is 2. The predicted molar refractivity (Wildman–Crippen MR) is 70.4 cm³/mol. The summed E-state index contributed by atoms with van der Waals surface area (Å²) in [5.41, 5.74) is 0. The first-order valence-corrected chi connectivity index (χ1v) is 7.31. The molecule has 0 spiro atoms. The molecular formula is C13H21ClN2O2. The first-order valence-electron chi connectivity index (χ1n) is 6.77. The lowest BCUT2D eigenvalue weighted by molar-refractivity contribution is -0.153. The number of carbonyl (C=O) groups is 2. The molecule has 2 aliphatic rings. The van der Waals surface area contributed by atoms with Crippen molar-refractivity contribution in [2.75, 3.05) is 25.5 Å². The SMILES string of the molecule is CC(CCCl)CCN1CC(=O)N2CCCC2C1=O. The first kappa shape index (κ1) is 13.7. The molecular weight excluding hydrogens is 252 g/mol. The van der Waals surface area contributed by atoms with Crippen LogP contribution in [0, 0.1) is 5.92 Å². The lowest BCUT2D eigenvalue weighted by atomic mass is 10.0. The molecule has 0 saturated carbocycles. The summed E-state index contributed by atoms with van der Waals surface area (Å²) < 4.78 is 0. The van der Waals surface area contributed by atoms with Gasteiger partial charge in [-0.05, 0) is 31.6 Å². The lowest BCUT2D eigenvalue weighted by Gasteiger charge is -2.36. The molecule has 2 saturated heterocycles. The van der Waals surface area contributed by atoms with E-state index in [4.69, 9.17) is 11.6 Å². The Bertz CT molecular complexity index is 335. The lowest BCUT2D eigenvalue weighted by Crippen LogP contribution is -2.57. The third kappa shape index (κ3) is 2.79. The van der Waals surface area contributed by atoms with Gasteiger partial charge in [0.25, 0.3) is 0 Å². The van der Waals surface area contributed by atoms with Gasteiger partial charge in [-0.2, -0.15) is 0 Å². The van der Waals surface area contributed by atoms with Crippen molar-refractivity contribution in [2.45, 2.75) is 38.6 Å². The quantitative estimate of drug-likeness (QED) is 0.711. The van der Waals surface area contributed by atoms with Gasteiger partial charge < -0.3 is 9.80 Å². The molecule has 18 heavy (non-hydrogen) atoms. The van der Waals surface area contributed by atoms with Gasteiger partial charge in [-0.3, -0.25) is 9.59 Å². The molecule has 2 amide bonds. The second-order valence-electron chi connectivity index (χ2n) is 5.38. The van der Waals surface area contributed by atoms with Crippen LogP contribution in [0.1, 0.15) is 32.6 Å². The minimum absolute atomic E-state index is 0.113. The Morgan fingerprint density at radius 3 is 2.89 bits per heavy atom. The van der Waals surface area contributed by atoms with Crippen LogP contribution in [0.2, 0.25) is 0 Å². The molecule has 2 fully saturated rings. The number of rotatable bonds is 5. The summed E-state index contributed by atoms with van der Waals surface area (Å²) in [4.78, 5) is 27.6. The fourth-order valence-corrected chi connectivity index (χ4v) is 3.13. The van der Waals surface area contributed by atoms with Gasteiger partial charge in [0, 0.05) is 19.0 Å². The first-order chi connectivity index (χ1) is 8.63. The third-order valence-corrected chi connectivity index (χ3v) is 4.21. The number of alkyl halides is 1. The fraction of sp³-hybridized carbons (Fsp3) is 0.846. The highest BCUT2D eigenvalue weighted by molar-refractivity contribution is 6.17. The number of amides is 2. The Hall–Kier alpha value is -0.770. The molecule has 2 atom stereocenters. The summed E-state index contributed by atoms with van der Waals surface area (Å²) in [5.74, 6) is 1.42. The Kier molecular flexibility index (Phi) is 4.49. The average Bonchev–Trinajstić information content (AvgIpc) is 2.82. The Morgan fingerprint density at radius 1 is 1.39 bits per heavy atom. The van der Waals surface area contributed by atoms with Gasteiger partial charge in [0.05, 0.1) is 6.54 Å². The molecule has 2 heterocycles. The number of halogens is 1. The van der Waals surface area contributed by atoms with E-state index in [0.717, 1.165) is 32.2 Å². The summed E-state index contributed by atoms with van der Waals surface area (Å²) in [6.45, 7) is 3.85. The largest absolute Gasteiger partial charge is 0.332 e. The molecule has 0 aromatic rings. The van der Waals surface area contributed by atoms with E-state index < -0.39 is 0 Å². The zero-order chi connectivity index (χ0) is 13.1. The van der Waals surface area contributed by atoms with Crippen molar-refractivity contribution >= 4 is 23.4 Å². The molecule has 2 rings (SSSR count). The van der Waals surface area contributed by atoms with Crippen molar-refractivity contribution < 1.29 is 9.59 Å². The van der Waals surface area contributed by atoms with Crippen molar-refractivity contribution in [3.63, 3.8) is 0 Å². The van der Waals surface area contributed by atoms with Crippen LogP contribution in [-0.4, -0.2) is 53.2 Å². The second kappa shape index (κ2) is 5.91. The van der Waals surface area contributed by atoms with Crippen LogP contribution in [0.5, 0.6) is 0 Å². The van der Waals surface area contributed by atoms with Crippen molar-refractivity contribution in [2.24, 2.45) is 5.92 Å². The molecule has 0 radical (unpaired) electrons. The van der Waals surface area contributed by atoms with E-state index in [1.807, 2.05) is 0 Å². The van der Waals surface area contributed by atoms with E-state index in [1.165, 1.54) is 0 Å². The number of carbonyl (C=O) groups excluding carboxylic acids is 2. The van der Waals surface area contributed by atoms with Crippen molar-refractivity contribution in [3.8, 4) is 0 Å². The molecule has 4 nitrogen and oxygen atoms in total. The van der Waals surface area contributed by atoms with Crippen molar-refractivity contribution in [1.29, 1.82) is 0 Å². The van der Waals surface area contributed by atoms with E-state index >= 15 is 0 Å². The second-order valence-corrected chi connectivity index (χ2v) is 5.75. The molecule has 2 unspecified atom stereocenters. The van der Waals surface area contributed by atoms with E-state index in [9.17, 15) is 9.59 Å². The number of hydrogen-bond acceptors (Lipinski definition) is 2. The van der Waals surface area contributed by atoms with Gasteiger partial charge in [0.15, 0.2) is 0 Å². The molecule has 0 aromatic carbocycles. The minimum Gasteiger partial charge on any atom is -0.332 e. The van der Waals surface area contributed by atoms with Crippen LogP contribution in [0.25, 0.3) is 0 Å². The molecule has 102 valence electrons. The van der Waals surface area contributed by atoms with E-state index in [0.29, 0.717) is 18.3 Å². The highest BCUT2D eigenvalue weighted by atomic mass is 35.5. The smallest absolute Gasteiger partial charge is 0.245 e. The van der Waals surface area contributed by atoms with E-state index in [1.54, 1.807) is 9.80 Å². The predicted octanol–water partition coefficient (Wildman–Crippen LogP) is 1.47. The van der Waals surface area contributed by atoms with Crippen molar-refractivity contribution in [1.82, 2.24) is 9.80 Å². The van der Waals surface area contributed by atoms with Gasteiger partial charge in [0.1, 0.15) is 6.04 Å². The highest BCUT2D eigenvalue weighted by Gasteiger charge is 2.41. The topological polar surface area (TPSA) is 40.6 Å². The van der Waals surface area contributed by atoms with Gasteiger partial charge in [-0.25, -0.2) is 0 Å². The average molecular weight is 273 g/mol. The van der Waals surface area contributed by atoms with E-state index in [2.05, 4.69) is 6.92 Å². The van der Waals surface area contributed by atoms with Gasteiger partial charge >= 0.3 is 0 Å². The van der Waals surface area contributed by atoms with Crippen molar-refractivity contribution in [3.05, 3.63) is 0 Å². The van der Waals surface area contributed by atoms with Crippen LogP contribution in [0.15, 0.2) is 0 Å². The standard InChI is InChI=1S/C13H21ClN2O2/c1-10(4-6-14)5-8-15-9-12(17)16-7-2-3-11(16)13(15)18/h10-11H,2-9H2,1H3. The summed E-state index contributed by atoms with van der Waals surface area (Å²) in [6.07, 6.45) is 3.68. The highest BCUT2D eigenvalue weighted by Crippen LogP contribution is 2.24.